The summed E-state index contributed by atoms with van der Waals surface area (Å²) >= 11 is 1.59. The molecule has 0 spiro atoms. The molecule has 134 valence electrons. The summed E-state index contributed by atoms with van der Waals surface area (Å²) in [6.07, 6.45) is 4.52. The lowest BCUT2D eigenvalue weighted by Gasteiger charge is -2.21. The highest BCUT2D eigenvalue weighted by molar-refractivity contribution is 7.11. The van der Waals surface area contributed by atoms with E-state index in [0.29, 0.717) is 19.0 Å². The number of carbonyl (C=O) groups excluding carboxylic acids is 1. The number of hydrogen-bond donors (Lipinski definition) is 1. The summed E-state index contributed by atoms with van der Waals surface area (Å²) in [6.45, 7) is 7.38. The van der Waals surface area contributed by atoms with Gasteiger partial charge in [-0.15, -0.1) is 11.3 Å². The molecule has 1 aliphatic rings. The highest BCUT2D eigenvalue weighted by atomic mass is 32.1. The lowest BCUT2D eigenvalue weighted by Crippen LogP contribution is -2.27. The number of hydrogen-bond acceptors (Lipinski definition) is 6. The maximum atomic E-state index is 12.3. The first kappa shape index (κ1) is 17.9. The molecular weight excluding hydrogens is 334 g/mol. The molecule has 1 amide bonds. The van der Waals surface area contributed by atoms with Crippen molar-refractivity contribution in [2.75, 3.05) is 13.6 Å². The second kappa shape index (κ2) is 7.58. The third kappa shape index (κ3) is 4.22. The van der Waals surface area contributed by atoms with E-state index in [9.17, 15) is 4.79 Å². The second-order valence-electron chi connectivity index (χ2n) is 6.66. The molecule has 1 saturated heterocycles. The van der Waals surface area contributed by atoms with Crippen molar-refractivity contribution in [2.24, 2.45) is 0 Å². The molecule has 6 nitrogen and oxygen atoms in total. The molecule has 1 unspecified atom stereocenters. The van der Waals surface area contributed by atoms with Gasteiger partial charge in [-0.05, 0) is 47.2 Å². The molecule has 1 N–H and O–H groups in total. The quantitative estimate of drug-likeness (QED) is 0.888. The fourth-order valence-electron chi connectivity index (χ4n) is 3.33. The molecule has 0 radical (unpaired) electrons. The summed E-state index contributed by atoms with van der Waals surface area (Å²) in [5.41, 5.74) is 3.01. The summed E-state index contributed by atoms with van der Waals surface area (Å²) < 4.78 is 0. The Morgan fingerprint density at radius 1 is 1.36 bits per heavy atom. The standard InChI is InChI=1S/C18H25N5OS/c1-11-16(25-13(3)21-11)8-17(24)20-10-14-9-19-12(2)22-18(14)15-6-5-7-23(15)4/h9,15H,5-8,10H2,1-4H3,(H,20,24). The lowest BCUT2D eigenvalue weighted by molar-refractivity contribution is -0.120. The Hall–Kier alpha value is -1.86. The van der Waals surface area contributed by atoms with Gasteiger partial charge < -0.3 is 5.32 Å². The summed E-state index contributed by atoms with van der Waals surface area (Å²) in [6, 6.07) is 0.319. The molecule has 0 saturated carbocycles. The Morgan fingerprint density at radius 2 is 2.16 bits per heavy atom. The van der Waals surface area contributed by atoms with Gasteiger partial charge in [0.15, 0.2) is 0 Å². The van der Waals surface area contributed by atoms with Crippen LogP contribution in [-0.2, 0) is 17.8 Å². The van der Waals surface area contributed by atoms with E-state index in [1.165, 1.54) is 6.42 Å². The molecule has 1 fully saturated rings. The van der Waals surface area contributed by atoms with E-state index in [4.69, 9.17) is 0 Å². The van der Waals surface area contributed by atoms with E-state index < -0.39 is 0 Å². The first-order valence-corrected chi connectivity index (χ1v) is 9.48. The minimum Gasteiger partial charge on any atom is -0.352 e. The Labute approximate surface area is 152 Å². The predicted octanol–water partition coefficient (Wildman–Crippen LogP) is 2.48. The van der Waals surface area contributed by atoms with Gasteiger partial charge in [-0.2, -0.15) is 0 Å². The van der Waals surface area contributed by atoms with Crippen molar-refractivity contribution < 1.29 is 4.79 Å². The number of aryl methyl sites for hydroxylation is 3. The average Bonchev–Trinajstić information content (AvgIpc) is 3.11. The van der Waals surface area contributed by atoms with Crippen LogP contribution in [0.5, 0.6) is 0 Å². The van der Waals surface area contributed by atoms with E-state index >= 15 is 0 Å². The molecule has 0 aromatic carbocycles. The SMILES string of the molecule is Cc1ncc(CNC(=O)Cc2sc(C)nc2C)c(C2CCCN2C)n1. The molecule has 2 aromatic rings. The second-order valence-corrected chi connectivity index (χ2v) is 7.95. The molecule has 1 atom stereocenters. The number of nitrogens with one attached hydrogen (secondary N) is 1. The van der Waals surface area contributed by atoms with Gasteiger partial charge in [0.1, 0.15) is 5.82 Å². The Morgan fingerprint density at radius 3 is 2.80 bits per heavy atom. The molecule has 2 aromatic heterocycles. The van der Waals surface area contributed by atoms with Crippen LogP contribution in [-0.4, -0.2) is 39.4 Å². The maximum Gasteiger partial charge on any atom is 0.225 e. The van der Waals surface area contributed by atoms with Gasteiger partial charge in [0.05, 0.1) is 28.9 Å². The van der Waals surface area contributed by atoms with Crippen molar-refractivity contribution in [1.29, 1.82) is 0 Å². The van der Waals surface area contributed by atoms with Crippen LogP contribution in [0.2, 0.25) is 0 Å². The normalized spacial score (nSPS) is 17.8. The maximum absolute atomic E-state index is 12.3. The van der Waals surface area contributed by atoms with Crippen LogP contribution in [0, 0.1) is 20.8 Å². The molecule has 0 bridgehead atoms. The van der Waals surface area contributed by atoms with Crippen molar-refractivity contribution in [3.63, 3.8) is 0 Å². The number of nitrogens with zero attached hydrogens (tertiary/aromatic N) is 4. The number of likely N-dealkylation sites (tertiary alicyclic amines) is 1. The van der Waals surface area contributed by atoms with Crippen molar-refractivity contribution in [1.82, 2.24) is 25.2 Å². The summed E-state index contributed by atoms with van der Waals surface area (Å²) in [4.78, 5) is 29.1. The van der Waals surface area contributed by atoms with E-state index in [2.05, 4.69) is 32.2 Å². The number of amides is 1. The zero-order valence-electron chi connectivity index (χ0n) is 15.3. The number of thiazole rings is 1. The summed E-state index contributed by atoms with van der Waals surface area (Å²) in [7, 11) is 2.13. The predicted molar refractivity (Wildman–Crippen MR) is 98.5 cm³/mol. The summed E-state index contributed by atoms with van der Waals surface area (Å²) in [5, 5.41) is 4.02. The number of carbonyl (C=O) groups is 1. The fourth-order valence-corrected chi connectivity index (χ4v) is 4.27. The fraction of sp³-hybridized carbons (Fsp3) is 0.556. The molecule has 7 heteroatoms. The number of aromatic nitrogens is 3. The van der Waals surface area contributed by atoms with E-state index in [0.717, 1.165) is 45.6 Å². The highest BCUT2D eigenvalue weighted by Crippen LogP contribution is 2.31. The van der Waals surface area contributed by atoms with Gasteiger partial charge in [0, 0.05) is 23.2 Å². The van der Waals surface area contributed by atoms with Gasteiger partial charge in [0.2, 0.25) is 5.91 Å². The van der Waals surface area contributed by atoms with Crippen LogP contribution in [0.4, 0.5) is 0 Å². The molecule has 3 rings (SSSR count). The topological polar surface area (TPSA) is 71.0 Å². The smallest absolute Gasteiger partial charge is 0.225 e. The van der Waals surface area contributed by atoms with E-state index in [1.54, 1.807) is 11.3 Å². The van der Waals surface area contributed by atoms with Crippen molar-refractivity contribution in [3.8, 4) is 0 Å². The van der Waals surface area contributed by atoms with Crippen LogP contribution < -0.4 is 5.32 Å². The Kier molecular flexibility index (Phi) is 5.44. The Balaban J connectivity index is 1.68. The molecule has 1 aliphatic heterocycles. The van der Waals surface area contributed by atoms with E-state index in [1.807, 2.05) is 27.0 Å². The first-order valence-electron chi connectivity index (χ1n) is 8.66. The van der Waals surface area contributed by atoms with Crippen LogP contribution in [0.1, 0.15) is 51.5 Å². The van der Waals surface area contributed by atoms with E-state index in [-0.39, 0.29) is 5.91 Å². The van der Waals surface area contributed by atoms with Crippen molar-refractivity contribution in [2.45, 2.75) is 52.6 Å². The van der Waals surface area contributed by atoms with Crippen LogP contribution in [0.25, 0.3) is 0 Å². The largest absolute Gasteiger partial charge is 0.352 e. The minimum atomic E-state index is 0.0121. The average molecular weight is 359 g/mol. The molecule has 3 heterocycles. The van der Waals surface area contributed by atoms with Gasteiger partial charge in [-0.1, -0.05) is 0 Å². The van der Waals surface area contributed by atoms with Gasteiger partial charge in [-0.25, -0.2) is 15.0 Å². The Bertz CT molecular complexity index is 773. The summed E-state index contributed by atoms with van der Waals surface area (Å²) in [5.74, 6) is 0.791. The third-order valence-corrected chi connectivity index (χ3v) is 5.72. The highest BCUT2D eigenvalue weighted by Gasteiger charge is 2.26. The third-order valence-electron chi connectivity index (χ3n) is 4.65. The van der Waals surface area contributed by atoms with Crippen LogP contribution in [0.3, 0.4) is 0 Å². The molecular formula is C18H25N5OS. The lowest BCUT2D eigenvalue weighted by atomic mass is 10.1. The van der Waals surface area contributed by atoms with Gasteiger partial charge in [-0.3, -0.25) is 9.69 Å². The molecule has 25 heavy (non-hydrogen) atoms. The molecule has 0 aliphatic carbocycles. The van der Waals surface area contributed by atoms with Crippen molar-refractivity contribution in [3.05, 3.63) is 38.9 Å². The minimum absolute atomic E-state index is 0.0121. The van der Waals surface area contributed by atoms with Gasteiger partial charge in [0.25, 0.3) is 0 Å². The monoisotopic (exact) mass is 359 g/mol. The van der Waals surface area contributed by atoms with Gasteiger partial charge >= 0.3 is 0 Å². The zero-order chi connectivity index (χ0) is 18.0. The van der Waals surface area contributed by atoms with Crippen LogP contribution >= 0.6 is 11.3 Å². The van der Waals surface area contributed by atoms with Crippen LogP contribution in [0.15, 0.2) is 6.20 Å². The first-order chi connectivity index (χ1) is 11.9. The van der Waals surface area contributed by atoms with Crippen molar-refractivity contribution >= 4 is 17.2 Å². The number of rotatable bonds is 5. The zero-order valence-corrected chi connectivity index (χ0v) is 16.1.